The lowest BCUT2D eigenvalue weighted by molar-refractivity contribution is -0.123. The lowest BCUT2D eigenvalue weighted by Crippen LogP contribution is -2.35. The van der Waals surface area contributed by atoms with Gasteiger partial charge in [-0.15, -0.1) is 0 Å². The summed E-state index contributed by atoms with van der Waals surface area (Å²) in [5, 5.41) is 2.87. The molecule has 0 aliphatic heterocycles. The van der Waals surface area contributed by atoms with Crippen molar-refractivity contribution in [1.82, 2.24) is 10.3 Å². The van der Waals surface area contributed by atoms with E-state index in [1.807, 2.05) is 55.5 Å². The van der Waals surface area contributed by atoms with Gasteiger partial charge in [-0.1, -0.05) is 36.4 Å². The second-order valence-corrected chi connectivity index (χ2v) is 4.37. The first-order chi connectivity index (χ1) is 9.18. The number of rotatable bonds is 4. The Bertz CT molecular complexity index is 528. The standard InChI is InChI=1S/C15H17N3O/c1-11(13-9-5-6-10-17-13)18-15(19)14(16)12-7-3-2-4-8-12/h2-11,14H,16H2,1H3,(H,18,19)/t11-,14?/m1/s1. The van der Waals surface area contributed by atoms with Crippen LogP contribution in [-0.4, -0.2) is 10.9 Å². The van der Waals surface area contributed by atoms with Crippen molar-refractivity contribution < 1.29 is 4.79 Å². The highest BCUT2D eigenvalue weighted by molar-refractivity contribution is 5.83. The Morgan fingerprint density at radius 1 is 1.16 bits per heavy atom. The number of nitrogens with zero attached hydrogens (tertiary/aromatic N) is 1. The van der Waals surface area contributed by atoms with E-state index >= 15 is 0 Å². The highest BCUT2D eigenvalue weighted by Gasteiger charge is 2.18. The van der Waals surface area contributed by atoms with Crippen LogP contribution in [0.5, 0.6) is 0 Å². The van der Waals surface area contributed by atoms with E-state index in [-0.39, 0.29) is 11.9 Å². The van der Waals surface area contributed by atoms with Crippen molar-refractivity contribution >= 4 is 5.91 Å². The van der Waals surface area contributed by atoms with E-state index in [1.54, 1.807) is 6.20 Å². The molecular formula is C15H17N3O. The second-order valence-electron chi connectivity index (χ2n) is 4.37. The Hall–Kier alpha value is -2.20. The fourth-order valence-corrected chi connectivity index (χ4v) is 1.82. The lowest BCUT2D eigenvalue weighted by Gasteiger charge is -2.17. The monoisotopic (exact) mass is 255 g/mol. The van der Waals surface area contributed by atoms with Crippen molar-refractivity contribution in [2.45, 2.75) is 19.0 Å². The Labute approximate surface area is 112 Å². The van der Waals surface area contributed by atoms with E-state index < -0.39 is 6.04 Å². The van der Waals surface area contributed by atoms with Crippen LogP contribution in [0.4, 0.5) is 0 Å². The third-order valence-corrected chi connectivity index (χ3v) is 2.93. The van der Waals surface area contributed by atoms with Crippen molar-refractivity contribution in [1.29, 1.82) is 0 Å². The van der Waals surface area contributed by atoms with Gasteiger partial charge >= 0.3 is 0 Å². The van der Waals surface area contributed by atoms with Gasteiger partial charge in [0, 0.05) is 6.20 Å². The molecule has 4 nitrogen and oxygen atoms in total. The molecule has 0 fully saturated rings. The zero-order valence-electron chi connectivity index (χ0n) is 10.8. The van der Waals surface area contributed by atoms with Gasteiger partial charge in [0.2, 0.25) is 5.91 Å². The predicted molar refractivity (Wildman–Crippen MR) is 74.2 cm³/mol. The molecule has 1 unspecified atom stereocenters. The zero-order chi connectivity index (χ0) is 13.7. The van der Waals surface area contributed by atoms with Crippen LogP contribution >= 0.6 is 0 Å². The molecule has 0 bridgehead atoms. The molecule has 2 atom stereocenters. The topological polar surface area (TPSA) is 68.0 Å². The first-order valence-corrected chi connectivity index (χ1v) is 6.20. The Morgan fingerprint density at radius 3 is 2.47 bits per heavy atom. The van der Waals surface area contributed by atoms with Crippen LogP contribution in [-0.2, 0) is 4.79 Å². The van der Waals surface area contributed by atoms with E-state index in [2.05, 4.69) is 10.3 Å². The van der Waals surface area contributed by atoms with Crippen LogP contribution < -0.4 is 11.1 Å². The fourth-order valence-electron chi connectivity index (χ4n) is 1.82. The Morgan fingerprint density at radius 2 is 1.84 bits per heavy atom. The van der Waals surface area contributed by atoms with Crippen LogP contribution in [0.25, 0.3) is 0 Å². The minimum Gasteiger partial charge on any atom is -0.346 e. The molecule has 4 heteroatoms. The number of hydrogen-bond donors (Lipinski definition) is 2. The number of carbonyl (C=O) groups excluding carboxylic acids is 1. The molecule has 0 radical (unpaired) electrons. The number of nitrogens with one attached hydrogen (secondary N) is 1. The lowest BCUT2D eigenvalue weighted by atomic mass is 10.1. The molecule has 1 amide bonds. The maximum Gasteiger partial charge on any atom is 0.242 e. The molecule has 1 heterocycles. The van der Waals surface area contributed by atoms with Crippen LogP contribution in [0.2, 0.25) is 0 Å². The molecule has 0 aliphatic rings. The third-order valence-electron chi connectivity index (χ3n) is 2.93. The van der Waals surface area contributed by atoms with Crippen molar-refractivity contribution in [2.75, 3.05) is 0 Å². The smallest absolute Gasteiger partial charge is 0.242 e. The summed E-state index contributed by atoms with van der Waals surface area (Å²) in [5.74, 6) is -0.204. The number of aromatic nitrogens is 1. The van der Waals surface area contributed by atoms with E-state index in [0.29, 0.717) is 0 Å². The number of carbonyl (C=O) groups is 1. The summed E-state index contributed by atoms with van der Waals surface area (Å²) < 4.78 is 0. The van der Waals surface area contributed by atoms with Gasteiger partial charge in [-0.3, -0.25) is 9.78 Å². The molecule has 0 saturated carbocycles. The van der Waals surface area contributed by atoms with Gasteiger partial charge in [-0.05, 0) is 24.6 Å². The molecular weight excluding hydrogens is 238 g/mol. The number of benzene rings is 1. The van der Waals surface area contributed by atoms with Crippen LogP contribution in [0, 0.1) is 0 Å². The van der Waals surface area contributed by atoms with Gasteiger partial charge in [0.05, 0.1) is 11.7 Å². The third kappa shape index (κ3) is 3.39. The second kappa shape index (κ2) is 6.11. The highest BCUT2D eigenvalue weighted by Crippen LogP contribution is 2.13. The molecule has 0 aliphatic carbocycles. The minimum absolute atomic E-state index is 0.163. The summed E-state index contributed by atoms with van der Waals surface area (Å²) in [5.41, 5.74) is 7.55. The van der Waals surface area contributed by atoms with Crippen molar-refractivity contribution in [3.05, 3.63) is 66.0 Å². The molecule has 2 rings (SSSR count). The van der Waals surface area contributed by atoms with Crippen LogP contribution in [0.3, 0.4) is 0 Å². The normalized spacial score (nSPS) is 13.6. The summed E-state index contributed by atoms with van der Waals surface area (Å²) in [6.45, 7) is 1.89. The van der Waals surface area contributed by atoms with Gasteiger partial charge in [0.15, 0.2) is 0 Å². The van der Waals surface area contributed by atoms with Crippen molar-refractivity contribution in [2.24, 2.45) is 5.73 Å². The van der Waals surface area contributed by atoms with Gasteiger partial charge in [0.1, 0.15) is 6.04 Å². The molecule has 1 aromatic heterocycles. The fraction of sp³-hybridized carbons (Fsp3) is 0.200. The molecule has 2 aromatic rings. The summed E-state index contributed by atoms with van der Waals surface area (Å²) in [7, 11) is 0. The first kappa shape index (κ1) is 13.2. The number of amides is 1. The predicted octanol–water partition coefficient (Wildman–Crippen LogP) is 1.96. The summed E-state index contributed by atoms with van der Waals surface area (Å²) in [6, 6.07) is 14.1. The van der Waals surface area contributed by atoms with Crippen LogP contribution in [0.1, 0.15) is 30.3 Å². The summed E-state index contributed by atoms with van der Waals surface area (Å²) in [6.07, 6.45) is 1.70. The number of hydrogen-bond acceptors (Lipinski definition) is 3. The minimum atomic E-state index is -0.660. The maximum atomic E-state index is 12.1. The highest BCUT2D eigenvalue weighted by atomic mass is 16.2. The van der Waals surface area contributed by atoms with E-state index in [0.717, 1.165) is 11.3 Å². The first-order valence-electron chi connectivity index (χ1n) is 6.20. The van der Waals surface area contributed by atoms with Gasteiger partial charge < -0.3 is 11.1 Å². The van der Waals surface area contributed by atoms with Crippen molar-refractivity contribution in [3.8, 4) is 0 Å². The Balaban J connectivity index is 2.02. The van der Waals surface area contributed by atoms with Gasteiger partial charge in [-0.2, -0.15) is 0 Å². The van der Waals surface area contributed by atoms with Crippen molar-refractivity contribution in [3.63, 3.8) is 0 Å². The molecule has 3 N–H and O–H groups in total. The zero-order valence-corrected chi connectivity index (χ0v) is 10.8. The van der Waals surface area contributed by atoms with Gasteiger partial charge in [0.25, 0.3) is 0 Å². The summed E-state index contributed by atoms with van der Waals surface area (Å²) >= 11 is 0. The number of pyridine rings is 1. The molecule has 19 heavy (non-hydrogen) atoms. The van der Waals surface area contributed by atoms with Crippen LogP contribution in [0.15, 0.2) is 54.7 Å². The Kier molecular flexibility index (Phi) is 4.26. The molecule has 0 spiro atoms. The summed E-state index contributed by atoms with van der Waals surface area (Å²) in [4.78, 5) is 16.3. The SMILES string of the molecule is C[C@@H](NC(=O)C(N)c1ccccc1)c1ccccn1. The molecule has 1 aromatic carbocycles. The van der Waals surface area contributed by atoms with E-state index in [1.165, 1.54) is 0 Å². The average Bonchev–Trinajstić information content (AvgIpc) is 2.48. The van der Waals surface area contributed by atoms with E-state index in [4.69, 9.17) is 5.73 Å². The maximum absolute atomic E-state index is 12.1. The van der Waals surface area contributed by atoms with E-state index in [9.17, 15) is 4.79 Å². The largest absolute Gasteiger partial charge is 0.346 e. The number of nitrogens with two attached hydrogens (primary N) is 1. The quantitative estimate of drug-likeness (QED) is 0.877. The van der Waals surface area contributed by atoms with Gasteiger partial charge in [-0.25, -0.2) is 0 Å². The average molecular weight is 255 g/mol. The molecule has 0 saturated heterocycles. The molecule has 98 valence electrons.